The lowest BCUT2D eigenvalue weighted by molar-refractivity contribution is 1.28. The average Bonchev–Trinajstić information content (AvgIpc) is 3.13. The molecule has 8 rings (SSSR count). The summed E-state index contributed by atoms with van der Waals surface area (Å²) in [6.45, 7) is 8.26. The Morgan fingerprint density at radius 2 is 0.787 bits per heavy atom. The van der Waals surface area contributed by atoms with Gasteiger partial charge in [-0.2, -0.15) is 0 Å². The van der Waals surface area contributed by atoms with E-state index in [1.165, 1.54) is 54.6 Å². The molecule has 8 aromatic carbocycles. The zero-order chi connectivity index (χ0) is 32.6. The molecule has 47 heavy (non-hydrogen) atoms. The third-order valence-electron chi connectivity index (χ3n) is 8.36. The van der Waals surface area contributed by atoms with Crippen molar-refractivity contribution in [3.63, 3.8) is 0 Å². The first kappa shape index (κ1) is 31.3. The molecule has 0 aromatic heterocycles. The molecule has 0 unspecified atom stereocenters. The molecule has 0 atom stereocenters. The molecule has 0 spiro atoms. The lowest BCUT2D eigenvalue weighted by atomic mass is 10.0. The Morgan fingerprint density at radius 3 is 1.49 bits per heavy atom. The van der Waals surface area contributed by atoms with Gasteiger partial charge in [-0.25, -0.2) is 0 Å². The summed E-state index contributed by atoms with van der Waals surface area (Å²) >= 11 is 0. The van der Waals surface area contributed by atoms with Crippen molar-refractivity contribution in [2.75, 3.05) is 4.90 Å². The molecular weight excluding hydrogens is 567 g/mol. The first-order valence-electron chi connectivity index (χ1n) is 16.5. The van der Waals surface area contributed by atoms with Crippen LogP contribution in [-0.2, 0) is 0 Å². The summed E-state index contributed by atoms with van der Waals surface area (Å²) in [6, 6.07) is 62.8. The summed E-state index contributed by atoms with van der Waals surface area (Å²) in [4.78, 5) is 2.33. The van der Waals surface area contributed by atoms with Gasteiger partial charge in [0.05, 0.1) is 0 Å². The van der Waals surface area contributed by atoms with Crippen LogP contribution >= 0.6 is 0 Å². The second-order valence-electron chi connectivity index (χ2n) is 11.7. The van der Waals surface area contributed by atoms with Crippen molar-refractivity contribution in [2.45, 2.75) is 27.7 Å². The van der Waals surface area contributed by atoms with Crippen molar-refractivity contribution in [1.82, 2.24) is 0 Å². The smallest absolute Gasteiger partial charge is 0.0468 e. The summed E-state index contributed by atoms with van der Waals surface area (Å²) in [7, 11) is 0. The van der Waals surface area contributed by atoms with Crippen LogP contribution in [0.5, 0.6) is 0 Å². The average molecular weight is 608 g/mol. The van der Waals surface area contributed by atoms with E-state index >= 15 is 0 Å². The Kier molecular flexibility index (Phi) is 9.75. The first-order chi connectivity index (χ1) is 23.1. The van der Waals surface area contributed by atoms with Crippen LogP contribution < -0.4 is 4.90 Å². The van der Waals surface area contributed by atoms with Crippen LogP contribution in [0.15, 0.2) is 176 Å². The molecule has 0 aliphatic heterocycles. The molecular formula is C46H41N. The zero-order valence-electron chi connectivity index (χ0n) is 27.7. The number of benzene rings is 8. The maximum atomic E-state index is 2.33. The highest BCUT2D eigenvalue weighted by molar-refractivity contribution is 5.98. The number of fused-ring (bicyclic) bond motifs is 3. The van der Waals surface area contributed by atoms with E-state index in [0.717, 1.165) is 17.1 Å². The molecule has 0 bridgehead atoms. The monoisotopic (exact) mass is 607 g/mol. The van der Waals surface area contributed by atoms with Crippen molar-refractivity contribution in [1.29, 1.82) is 0 Å². The maximum absolute atomic E-state index is 2.33. The van der Waals surface area contributed by atoms with E-state index in [1.807, 2.05) is 13.8 Å². The topological polar surface area (TPSA) is 3.24 Å². The molecule has 0 N–H and O–H groups in total. The van der Waals surface area contributed by atoms with E-state index in [-0.39, 0.29) is 0 Å². The van der Waals surface area contributed by atoms with Crippen LogP contribution in [0, 0.1) is 13.8 Å². The molecule has 0 radical (unpaired) electrons. The lowest BCUT2D eigenvalue weighted by Gasteiger charge is -2.26. The lowest BCUT2D eigenvalue weighted by Crippen LogP contribution is -2.10. The van der Waals surface area contributed by atoms with Gasteiger partial charge in [-0.05, 0) is 106 Å². The summed E-state index contributed by atoms with van der Waals surface area (Å²) in [5.74, 6) is 0. The molecule has 0 heterocycles. The molecule has 1 heteroatoms. The minimum absolute atomic E-state index is 1.15. The molecule has 0 aliphatic rings. The molecule has 1 nitrogen and oxygen atoms in total. The molecule has 230 valence electrons. The van der Waals surface area contributed by atoms with Gasteiger partial charge in [0.2, 0.25) is 0 Å². The Bertz CT molecular complexity index is 2230. The number of aryl methyl sites for hydroxylation is 2. The summed E-state index contributed by atoms with van der Waals surface area (Å²) in [6.07, 6.45) is 0. The van der Waals surface area contributed by atoms with Crippen LogP contribution in [0.2, 0.25) is 0 Å². The summed E-state index contributed by atoms with van der Waals surface area (Å²) in [5, 5.41) is 7.77. The highest BCUT2D eigenvalue weighted by atomic mass is 15.1. The van der Waals surface area contributed by atoms with E-state index in [0.29, 0.717) is 0 Å². The first-order valence-corrected chi connectivity index (χ1v) is 16.5. The number of hydrogen-bond donors (Lipinski definition) is 0. The van der Waals surface area contributed by atoms with E-state index in [9.17, 15) is 0 Å². The molecule has 0 amide bonds. The van der Waals surface area contributed by atoms with E-state index in [1.54, 1.807) is 0 Å². The van der Waals surface area contributed by atoms with Gasteiger partial charge in [-0.1, -0.05) is 152 Å². The SMILES string of the molecule is CC.Cc1ccc(N(c2cccc(-c3ccccc3)c2)c2ccc3ccccc3c2)cc1.Cc1ccc2cc3ccccc3cc2c1. The van der Waals surface area contributed by atoms with Gasteiger partial charge in [0, 0.05) is 17.1 Å². The van der Waals surface area contributed by atoms with Crippen molar-refractivity contribution >= 4 is 49.4 Å². The van der Waals surface area contributed by atoms with Crippen LogP contribution in [0.1, 0.15) is 25.0 Å². The normalized spacial score (nSPS) is 10.6. The molecule has 0 fully saturated rings. The number of rotatable bonds is 4. The quantitative estimate of drug-likeness (QED) is 0.180. The zero-order valence-corrected chi connectivity index (χ0v) is 27.7. The highest BCUT2D eigenvalue weighted by Gasteiger charge is 2.14. The van der Waals surface area contributed by atoms with Crippen molar-refractivity contribution < 1.29 is 0 Å². The van der Waals surface area contributed by atoms with E-state index < -0.39 is 0 Å². The minimum atomic E-state index is 1.15. The third-order valence-corrected chi connectivity index (χ3v) is 8.36. The van der Waals surface area contributed by atoms with Gasteiger partial charge in [-0.3, -0.25) is 0 Å². The predicted octanol–water partition coefficient (Wildman–Crippen LogP) is 13.6. The number of nitrogens with zero attached hydrogens (tertiary/aromatic N) is 1. The molecule has 8 aromatic rings. The third kappa shape index (κ3) is 7.27. The van der Waals surface area contributed by atoms with Crippen molar-refractivity contribution in [3.8, 4) is 11.1 Å². The van der Waals surface area contributed by atoms with Crippen LogP contribution in [0.4, 0.5) is 17.1 Å². The Hall–Kier alpha value is -5.66. The van der Waals surface area contributed by atoms with Gasteiger partial charge in [-0.15, -0.1) is 0 Å². The van der Waals surface area contributed by atoms with E-state index in [2.05, 4.69) is 195 Å². The van der Waals surface area contributed by atoms with Crippen molar-refractivity contribution in [2.24, 2.45) is 0 Å². The second-order valence-corrected chi connectivity index (χ2v) is 11.7. The fourth-order valence-corrected chi connectivity index (χ4v) is 5.97. The molecule has 0 aliphatic carbocycles. The minimum Gasteiger partial charge on any atom is -0.310 e. The van der Waals surface area contributed by atoms with Gasteiger partial charge in [0.25, 0.3) is 0 Å². The Balaban J connectivity index is 0.000000190. The van der Waals surface area contributed by atoms with Gasteiger partial charge < -0.3 is 4.90 Å². The maximum Gasteiger partial charge on any atom is 0.0468 e. The van der Waals surface area contributed by atoms with Crippen LogP contribution in [0.3, 0.4) is 0 Å². The highest BCUT2D eigenvalue weighted by Crippen LogP contribution is 2.37. The van der Waals surface area contributed by atoms with Gasteiger partial charge in [0.15, 0.2) is 0 Å². The summed E-state index contributed by atoms with van der Waals surface area (Å²) in [5.41, 5.74) is 8.47. The standard InChI is InChI=1S/C29H23N.C15H12.C2H6/c1-22-14-17-27(18-15-22)30(29-19-16-24-10-5-6-11-25(24)21-29)28-13-7-12-26(20-28)23-8-3-2-4-9-23;1-11-6-7-14-9-12-4-2-3-5-13(12)10-15(14)8-11;1-2/h2-21H,1H3;2-10H,1H3;1-2H3. The second kappa shape index (κ2) is 14.6. The van der Waals surface area contributed by atoms with Gasteiger partial charge in [0.1, 0.15) is 0 Å². The Morgan fingerprint density at radius 1 is 0.298 bits per heavy atom. The largest absolute Gasteiger partial charge is 0.310 e. The van der Waals surface area contributed by atoms with Crippen LogP contribution in [-0.4, -0.2) is 0 Å². The number of hydrogen-bond acceptors (Lipinski definition) is 1. The van der Waals surface area contributed by atoms with E-state index in [4.69, 9.17) is 0 Å². The van der Waals surface area contributed by atoms with Crippen LogP contribution in [0.25, 0.3) is 43.4 Å². The van der Waals surface area contributed by atoms with Crippen molar-refractivity contribution in [3.05, 3.63) is 187 Å². The fraction of sp³-hybridized carbons (Fsp3) is 0.0870. The molecule has 0 saturated heterocycles. The van der Waals surface area contributed by atoms with Gasteiger partial charge >= 0.3 is 0 Å². The fourth-order valence-electron chi connectivity index (χ4n) is 5.97. The Labute approximate surface area is 279 Å². The predicted molar refractivity (Wildman–Crippen MR) is 206 cm³/mol. The molecule has 0 saturated carbocycles. The summed E-state index contributed by atoms with van der Waals surface area (Å²) < 4.78 is 0. The number of anilines is 3.